The number of rotatable bonds is 3. The number of carboxylic acid groups (broad SMARTS) is 1. The summed E-state index contributed by atoms with van der Waals surface area (Å²) in [6.45, 7) is 0.944. The number of carbonyl (C=O) groups excluding carboxylic acids is 1. The van der Waals surface area contributed by atoms with Crippen LogP contribution in [0.25, 0.3) is 0 Å². The molecule has 0 atom stereocenters. The maximum absolute atomic E-state index is 12.4. The van der Waals surface area contributed by atoms with Gasteiger partial charge in [0.2, 0.25) is 10.0 Å². The van der Waals surface area contributed by atoms with Gasteiger partial charge in [-0.2, -0.15) is 4.31 Å². The van der Waals surface area contributed by atoms with Gasteiger partial charge in [0.15, 0.2) is 0 Å². The van der Waals surface area contributed by atoms with E-state index in [1.807, 2.05) is 0 Å². The van der Waals surface area contributed by atoms with E-state index in [4.69, 9.17) is 5.11 Å². The Hall–Kier alpha value is -1.93. The second-order valence-electron chi connectivity index (χ2n) is 4.80. The van der Waals surface area contributed by atoms with Gasteiger partial charge in [0.1, 0.15) is 0 Å². The number of piperazine rings is 1. The Morgan fingerprint density at radius 2 is 1.57 bits per heavy atom. The fourth-order valence-corrected chi connectivity index (χ4v) is 3.08. The Balaban J connectivity index is 2.15. The number of nitrogens with zero attached hydrogens (tertiary/aromatic N) is 2. The second kappa shape index (κ2) is 5.82. The zero-order valence-corrected chi connectivity index (χ0v) is 12.3. The largest absolute Gasteiger partial charge is 0.478 e. The highest BCUT2D eigenvalue weighted by Gasteiger charge is 2.28. The van der Waals surface area contributed by atoms with Gasteiger partial charge in [-0.05, 0) is 12.1 Å². The summed E-state index contributed by atoms with van der Waals surface area (Å²) in [5.41, 5.74) is 0.0749. The van der Waals surface area contributed by atoms with Crippen molar-refractivity contribution in [1.29, 1.82) is 0 Å². The number of carboxylic acids is 1. The highest BCUT2D eigenvalue weighted by atomic mass is 32.2. The van der Waals surface area contributed by atoms with Gasteiger partial charge in [0, 0.05) is 26.2 Å². The normalized spacial score (nSPS) is 16.7. The Labute approximate surface area is 122 Å². The monoisotopic (exact) mass is 312 g/mol. The predicted molar refractivity (Wildman–Crippen MR) is 75.7 cm³/mol. The minimum absolute atomic E-state index is 0.0481. The molecule has 0 spiro atoms. The van der Waals surface area contributed by atoms with Crippen LogP contribution in [0.3, 0.4) is 0 Å². The third-order valence-corrected chi connectivity index (χ3v) is 4.69. The Morgan fingerprint density at radius 1 is 1.05 bits per heavy atom. The molecule has 0 radical (unpaired) electrons. The maximum Gasteiger partial charge on any atom is 0.336 e. The molecule has 2 rings (SSSR count). The molecule has 114 valence electrons. The lowest BCUT2D eigenvalue weighted by Gasteiger charge is -2.33. The summed E-state index contributed by atoms with van der Waals surface area (Å²) >= 11 is 0. The molecular formula is C13H16N2O5S. The van der Waals surface area contributed by atoms with Gasteiger partial charge in [-0.15, -0.1) is 0 Å². The molecule has 1 amide bonds. The molecule has 1 N–H and O–H groups in total. The minimum atomic E-state index is -3.26. The van der Waals surface area contributed by atoms with Crippen LogP contribution in [0.5, 0.6) is 0 Å². The van der Waals surface area contributed by atoms with Crippen molar-refractivity contribution >= 4 is 21.9 Å². The molecule has 8 heteroatoms. The zero-order chi connectivity index (χ0) is 15.6. The van der Waals surface area contributed by atoms with Crippen molar-refractivity contribution in [2.75, 3.05) is 32.4 Å². The molecule has 1 aliphatic heterocycles. The van der Waals surface area contributed by atoms with Crippen molar-refractivity contribution in [3.8, 4) is 0 Å². The second-order valence-corrected chi connectivity index (χ2v) is 6.79. The van der Waals surface area contributed by atoms with Crippen molar-refractivity contribution in [3.05, 3.63) is 35.4 Å². The topological polar surface area (TPSA) is 95.0 Å². The van der Waals surface area contributed by atoms with Crippen molar-refractivity contribution in [1.82, 2.24) is 9.21 Å². The van der Waals surface area contributed by atoms with E-state index in [1.165, 1.54) is 21.3 Å². The van der Waals surface area contributed by atoms with E-state index in [0.717, 1.165) is 6.26 Å². The minimum Gasteiger partial charge on any atom is -0.478 e. The highest BCUT2D eigenvalue weighted by molar-refractivity contribution is 7.88. The summed E-state index contributed by atoms with van der Waals surface area (Å²) < 4.78 is 24.1. The molecule has 1 aromatic carbocycles. The number of sulfonamides is 1. The van der Waals surface area contributed by atoms with E-state index in [-0.39, 0.29) is 43.2 Å². The first-order valence-corrected chi connectivity index (χ1v) is 8.22. The van der Waals surface area contributed by atoms with E-state index in [0.29, 0.717) is 0 Å². The molecule has 1 saturated heterocycles. The Kier molecular flexibility index (Phi) is 4.29. The lowest BCUT2D eigenvalue weighted by molar-refractivity contribution is 0.0656. The van der Waals surface area contributed by atoms with Crippen LogP contribution in [0.2, 0.25) is 0 Å². The van der Waals surface area contributed by atoms with Gasteiger partial charge in [-0.3, -0.25) is 4.79 Å². The van der Waals surface area contributed by atoms with Crippen LogP contribution in [-0.2, 0) is 10.0 Å². The fraction of sp³-hybridized carbons (Fsp3) is 0.385. The summed E-state index contributed by atoms with van der Waals surface area (Å²) in [5, 5.41) is 9.10. The quantitative estimate of drug-likeness (QED) is 0.854. The van der Waals surface area contributed by atoms with Crippen LogP contribution in [0, 0.1) is 0 Å². The van der Waals surface area contributed by atoms with E-state index >= 15 is 0 Å². The molecule has 1 aliphatic rings. The van der Waals surface area contributed by atoms with Crippen LogP contribution < -0.4 is 0 Å². The fourth-order valence-electron chi connectivity index (χ4n) is 2.25. The average Bonchev–Trinajstić information content (AvgIpc) is 2.45. The number of hydrogen-bond donors (Lipinski definition) is 1. The SMILES string of the molecule is CS(=O)(=O)N1CCN(C(=O)c2ccccc2C(=O)O)CC1. The summed E-state index contributed by atoms with van der Waals surface area (Å²) in [6, 6.07) is 6.01. The van der Waals surface area contributed by atoms with Crippen LogP contribution in [-0.4, -0.2) is 67.0 Å². The zero-order valence-electron chi connectivity index (χ0n) is 11.5. The molecule has 0 saturated carbocycles. The summed E-state index contributed by atoms with van der Waals surface area (Å²) in [7, 11) is -3.26. The number of carbonyl (C=O) groups is 2. The third-order valence-electron chi connectivity index (χ3n) is 3.38. The molecule has 1 fully saturated rings. The molecule has 1 aromatic rings. The molecular weight excluding hydrogens is 296 g/mol. The number of benzene rings is 1. The first kappa shape index (κ1) is 15.5. The summed E-state index contributed by atoms with van der Waals surface area (Å²) in [5.74, 6) is -1.55. The van der Waals surface area contributed by atoms with Crippen LogP contribution in [0.15, 0.2) is 24.3 Å². The lowest BCUT2D eigenvalue weighted by Crippen LogP contribution is -2.50. The standard InChI is InChI=1S/C13H16N2O5S/c1-21(19,20)15-8-6-14(7-9-15)12(16)10-4-2-3-5-11(10)13(17)18/h2-5H,6-9H2,1H3,(H,17,18). The summed E-state index contributed by atoms with van der Waals surface area (Å²) in [4.78, 5) is 25.0. The number of aromatic carboxylic acids is 1. The van der Waals surface area contributed by atoms with Crippen LogP contribution in [0.4, 0.5) is 0 Å². The molecule has 0 aromatic heterocycles. The molecule has 0 bridgehead atoms. The molecule has 0 unspecified atom stereocenters. The van der Waals surface area contributed by atoms with Gasteiger partial charge in [0.25, 0.3) is 5.91 Å². The smallest absolute Gasteiger partial charge is 0.336 e. The first-order valence-electron chi connectivity index (χ1n) is 6.37. The molecule has 1 heterocycles. The van der Waals surface area contributed by atoms with Crippen molar-refractivity contribution in [3.63, 3.8) is 0 Å². The van der Waals surface area contributed by atoms with Crippen molar-refractivity contribution in [2.45, 2.75) is 0 Å². The van der Waals surface area contributed by atoms with E-state index in [2.05, 4.69) is 0 Å². The number of hydrogen-bond acceptors (Lipinski definition) is 4. The van der Waals surface area contributed by atoms with Gasteiger partial charge in [-0.1, -0.05) is 12.1 Å². The summed E-state index contributed by atoms with van der Waals surface area (Å²) in [6.07, 6.45) is 1.13. The van der Waals surface area contributed by atoms with Crippen LogP contribution >= 0.6 is 0 Å². The van der Waals surface area contributed by atoms with Gasteiger partial charge in [0.05, 0.1) is 17.4 Å². The lowest BCUT2D eigenvalue weighted by atomic mass is 10.1. The van der Waals surface area contributed by atoms with Gasteiger partial charge < -0.3 is 10.0 Å². The maximum atomic E-state index is 12.4. The highest BCUT2D eigenvalue weighted by Crippen LogP contribution is 2.14. The Bertz CT molecular complexity index is 663. The average molecular weight is 312 g/mol. The van der Waals surface area contributed by atoms with Crippen molar-refractivity contribution in [2.24, 2.45) is 0 Å². The number of amides is 1. The van der Waals surface area contributed by atoms with E-state index in [9.17, 15) is 18.0 Å². The first-order chi connectivity index (χ1) is 9.80. The molecule has 0 aliphatic carbocycles. The van der Waals surface area contributed by atoms with Gasteiger partial charge in [-0.25, -0.2) is 13.2 Å². The predicted octanol–water partition coefficient (Wildman–Crippen LogP) is 0.102. The van der Waals surface area contributed by atoms with E-state index in [1.54, 1.807) is 12.1 Å². The third kappa shape index (κ3) is 3.40. The van der Waals surface area contributed by atoms with Crippen molar-refractivity contribution < 1.29 is 23.1 Å². The van der Waals surface area contributed by atoms with Crippen LogP contribution in [0.1, 0.15) is 20.7 Å². The van der Waals surface area contributed by atoms with Gasteiger partial charge >= 0.3 is 5.97 Å². The van der Waals surface area contributed by atoms with E-state index < -0.39 is 16.0 Å². The molecule has 21 heavy (non-hydrogen) atoms. The molecule has 7 nitrogen and oxygen atoms in total. The Morgan fingerprint density at radius 3 is 2.05 bits per heavy atom.